The van der Waals surface area contributed by atoms with Gasteiger partial charge in [-0.3, -0.25) is 4.79 Å². The molecular formula is C25H21BrN2O2. The zero-order chi connectivity index (χ0) is 21.1. The van der Waals surface area contributed by atoms with E-state index in [1.54, 1.807) is 6.21 Å². The van der Waals surface area contributed by atoms with Crippen LogP contribution < -0.4 is 10.2 Å². The fourth-order valence-corrected chi connectivity index (χ4v) is 4.34. The van der Waals surface area contributed by atoms with E-state index < -0.39 is 0 Å². The molecule has 1 amide bonds. The maximum atomic E-state index is 12.3. The van der Waals surface area contributed by atoms with Crippen LogP contribution in [0.4, 0.5) is 0 Å². The van der Waals surface area contributed by atoms with Crippen LogP contribution in [0.25, 0.3) is 21.5 Å². The van der Waals surface area contributed by atoms with Crippen LogP contribution in [0.2, 0.25) is 0 Å². The quantitative estimate of drug-likeness (QED) is 0.229. The highest BCUT2D eigenvalue weighted by atomic mass is 79.9. The van der Waals surface area contributed by atoms with Gasteiger partial charge in [-0.2, -0.15) is 5.10 Å². The lowest BCUT2D eigenvalue weighted by Gasteiger charge is -2.12. The van der Waals surface area contributed by atoms with Crippen molar-refractivity contribution in [2.45, 2.75) is 13.8 Å². The van der Waals surface area contributed by atoms with E-state index >= 15 is 0 Å². The highest BCUT2D eigenvalue weighted by Crippen LogP contribution is 2.28. The Kier molecular flexibility index (Phi) is 5.81. The summed E-state index contributed by atoms with van der Waals surface area (Å²) in [4.78, 5) is 12.3. The first-order chi connectivity index (χ1) is 14.5. The van der Waals surface area contributed by atoms with Crippen molar-refractivity contribution in [3.8, 4) is 5.75 Å². The van der Waals surface area contributed by atoms with Gasteiger partial charge in [-0.25, -0.2) is 5.43 Å². The number of halogens is 1. The Morgan fingerprint density at radius 1 is 0.967 bits per heavy atom. The summed E-state index contributed by atoms with van der Waals surface area (Å²) < 4.78 is 6.71. The number of fused-ring (bicyclic) bond motifs is 2. The zero-order valence-corrected chi connectivity index (χ0v) is 18.4. The summed E-state index contributed by atoms with van der Waals surface area (Å²) in [5.41, 5.74) is 5.50. The highest BCUT2D eigenvalue weighted by molar-refractivity contribution is 9.10. The van der Waals surface area contributed by atoms with Crippen LogP contribution >= 0.6 is 15.9 Å². The van der Waals surface area contributed by atoms with Gasteiger partial charge in [0.25, 0.3) is 5.91 Å². The Hall–Kier alpha value is -3.18. The van der Waals surface area contributed by atoms with Gasteiger partial charge in [-0.05, 0) is 64.7 Å². The van der Waals surface area contributed by atoms with E-state index in [1.807, 2.05) is 50.2 Å². The second-order valence-corrected chi connectivity index (χ2v) is 8.10. The normalized spacial score (nSPS) is 11.3. The van der Waals surface area contributed by atoms with Gasteiger partial charge in [0.2, 0.25) is 0 Å². The topological polar surface area (TPSA) is 50.7 Å². The number of nitrogens with one attached hydrogen (secondary N) is 1. The summed E-state index contributed by atoms with van der Waals surface area (Å²) in [6.07, 6.45) is 1.71. The van der Waals surface area contributed by atoms with Crippen molar-refractivity contribution in [2.24, 2.45) is 5.10 Å². The van der Waals surface area contributed by atoms with E-state index in [2.05, 4.69) is 56.8 Å². The van der Waals surface area contributed by atoms with E-state index in [9.17, 15) is 4.79 Å². The molecule has 0 heterocycles. The van der Waals surface area contributed by atoms with Crippen molar-refractivity contribution in [3.63, 3.8) is 0 Å². The first kappa shape index (κ1) is 20.1. The van der Waals surface area contributed by atoms with Gasteiger partial charge in [-0.1, -0.05) is 64.5 Å². The monoisotopic (exact) mass is 460 g/mol. The minimum atomic E-state index is -0.308. The lowest BCUT2D eigenvalue weighted by Crippen LogP contribution is -2.25. The van der Waals surface area contributed by atoms with Crippen molar-refractivity contribution in [3.05, 3.63) is 87.9 Å². The Morgan fingerprint density at radius 3 is 2.13 bits per heavy atom. The number of hydrogen-bond acceptors (Lipinski definition) is 3. The number of carbonyl (C=O) groups excluding carboxylic acids is 1. The zero-order valence-electron chi connectivity index (χ0n) is 16.8. The summed E-state index contributed by atoms with van der Waals surface area (Å²) in [7, 11) is 0. The van der Waals surface area contributed by atoms with Crippen LogP contribution in [0, 0.1) is 13.8 Å². The number of ether oxygens (including phenoxy) is 1. The van der Waals surface area contributed by atoms with E-state index in [4.69, 9.17) is 4.74 Å². The first-order valence-electron chi connectivity index (χ1n) is 9.65. The Morgan fingerprint density at radius 2 is 1.53 bits per heavy atom. The number of rotatable bonds is 5. The van der Waals surface area contributed by atoms with Crippen molar-refractivity contribution in [1.29, 1.82) is 0 Å². The molecular weight excluding hydrogens is 440 g/mol. The smallest absolute Gasteiger partial charge is 0.277 e. The highest BCUT2D eigenvalue weighted by Gasteiger charge is 2.09. The molecule has 0 fully saturated rings. The molecule has 0 aliphatic heterocycles. The maximum absolute atomic E-state index is 12.3. The molecule has 0 bridgehead atoms. The summed E-state index contributed by atoms with van der Waals surface area (Å²) in [6.45, 7) is 3.81. The first-order valence-corrected chi connectivity index (χ1v) is 10.4. The molecule has 0 radical (unpaired) electrons. The molecule has 4 nitrogen and oxygen atoms in total. The minimum Gasteiger partial charge on any atom is -0.483 e. The van der Waals surface area contributed by atoms with Crippen molar-refractivity contribution < 1.29 is 9.53 Å². The molecule has 0 atom stereocenters. The fourth-order valence-electron chi connectivity index (χ4n) is 3.65. The van der Waals surface area contributed by atoms with Gasteiger partial charge < -0.3 is 4.74 Å². The fraction of sp³-hybridized carbons (Fsp3) is 0.120. The summed E-state index contributed by atoms with van der Waals surface area (Å²) in [6, 6.07) is 22.4. The van der Waals surface area contributed by atoms with Gasteiger partial charge in [0.15, 0.2) is 6.61 Å². The van der Waals surface area contributed by atoms with Gasteiger partial charge in [0.05, 0.1) is 6.21 Å². The molecule has 0 unspecified atom stereocenters. The Balaban J connectivity index is 1.52. The molecule has 5 heteroatoms. The van der Waals surface area contributed by atoms with Gasteiger partial charge >= 0.3 is 0 Å². The van der Waals surface area contributed by atoms with Gasteiger partial charge in [0, 0.05) is 10.0 Å². The third-order valence-electron chi connectivity index (χ3n) is 4.97. The average molecular weight is 461 g/mol. The van der Waals surface area contributed by atoms with Crippen LogP contribution in [-0.2, 0) is 4.79 Å². The predicted octanol–water partition coefficient (Wildman–Crippen LogP) is 5.90. The maximum Gasteiger partial charge on any atom is 0.277 e. The second-order valence-electron chi connectivity index (χ2n) is 7.18. The number of hydrogen-bond donors (Lipinski definition) is 1. The number of hydrazone groups is 1. The third-order valence-corrected chi connectivity index (χ3v) is 5.43. The third kappa shape index (κ3) is 4.21. The molecule has 0 aliphatic rings. The SMILES string of the molecule is Cc1cc(Br)cc(C)c1OCC(=O)N/N=C/c1c2ccccc2cc2ccccc12. The van der Waals surface area contributed by atoms with Crippen molar-refractivity contribution >= 4 is 49.6 Å². The van der Waals surface area contributed by atoms with Crippen LogP contribution in [-0.4, -0.2) is 18.7 Å². The molecule has 4 aromatic carbocycles. The van der Waals surface area contributed by atoms with E-state index in [1.165, 1.54) is 0 Å². The lowest BCUT2D eigenvalue weighted by molar-refractivity contribution is -0.123. The van der Waals surface area contributed by atoms with Crippen LogP contribution in [0.1, 0.15) is 16.7 Å². The molecule has 4 aromatic rings. The molecule has 0 saturated carbocycles. The van der Waals surface area contributed by atoms with Gasteiger partial charge in [0.1, 0.15) is 5.75 Å². The standard InChI is InChI=1S/C25H21BrN2O2/c1-16-11-20(26)12-17(2)25(16)30-15-24(29)28-27-14-23-21-9-5-3-7-18(21)13-19-8-4-6-10-22(19)23/h3-14H,15H2,1-2H3,(H,28,29)/b27-14+. The molecule has 1 N–H and O–H groups in total. The molecule has 0 saturated heterocycles. The van der Waals surface area contributed by atoms with Crippen LogP contribution in [0.3, 0.4) is 0 Å². The second kappa shape index (κ2) is 8.67. The van der Waals surface area contributed by atoms with E-state index in [0.717, 1.165) is 48.5 Å². The molecule has 30 heavy (non-hydrogen) atoms. The molecule has 150 valence electrons. The van der Waals surface area contributed by atoms with E-state index in [-0.39, 0.29) is 12.5 Å². The molecule has 0 spiro atoms. The summed E-state index contributed by atoms with van der Waals surface area (Å²) >= 11 is 3.46. The predicted molar refractivity (Wildman–Crippen MR) is 126 cm³/mol. The van der Waals surface area contributed by atoms with Crippen molar-refractivity contribution in [1.82, 2.24) is 5.43 Å². The van der Waals surface area contributed by atoms with Crippen molar-refractivity contribution in [2.75, 3.05) is 6.61 Å². The lowest BCUT2D eigenvalue weighted by atomic mass is 9.97. The molecule has 0 aliphatic carbocycles. The minimum absolute atomic E-state index is 0.100. The number of carbonyl (C=O) groups is 1. The molecule has 4 rings (SSSR count). The van der Waals surface area contributed by atoms with Crippen LogP contribution in [0.5, 0.6) is 5.75 Å². The summed E-state index contributed by atoms with van der Waals surface area (Å²) in [5.74, 6) is 0.412. The van der Waals surface area contributed by atoms with E-state index in [0.29, 0.717) is 0 Å². The van der Waals surface area contributed by atoms with Crippen LogP contribution in [0.15, 0.2) is 76.3 Å². The summed E-state index contributed by atoms with van der Waals surface area (Å²) in [5, 5.41) is 8.65. The largest absolute Gasteiger partial charge is 0.483 e. The number of amides is 1. The number of benzene rings is 4. The molecule has 0 aromatic heterocycles. The Bertz CT molecular complexity index is 1200. The number of aryl methyl sites for hydroxylation is 2. The Labute approximate surface area is 183 Å². The number of nitrogens with zero attached hydrogens (tertiary/aromatic N) is 1. The average Bonchev–Trinajstić information content (AvgIpc) is 2.72. The van der Waals surface area contributed by atoms with Gasteiger partial charge in [-0.15, -0.1) is 0 Å².